The molecule has 1 fully saturated rings. The third-order valence-corrected chi connectivity index (χ3v) is 6.97. The number of anilines is 1. The number of amides is 2. The second-order valence-electron chi connectivity index (χ2n) is 9.47. The third-order valence-electron chi connectivity index (χ3n) is 6.97. The zero-order valence-corrected chi connectivity index (χ0v) is 20.4. The van der Waals surface area contributed by atoms with Crippen molar-refractivity contribution >= 4 is 17.5 Å². The number of nitrogens with zero attached hydrogens (tertiary/aromatic N) is 5. The Kier molecular flexibility index (Phi) is 6.66. The first kappa shape index (κ1) is 23.3. The summed E-state index contributed by atoms with van der Waals surface area (Å²) in [7, 11) is 3.99. The van der Waals surface area contributed by atoms with Crippen molar-refractivity contribution in [1.29, 1.82) is 0 Å². The highest BCUT2D eigenvalue weighted by Gasteiger charge is 2.27. The molecule has 3 heterocycles. The van der Waals surface area contributed by atoms with Gasteiger partial charge in [0.05, 0.1) is 0 Å². The molecular formula is C27H32N6O2. The van der Waals surface area contributed by atoms with Gasteiger partial charge in [0.25, 0.3) is 11.8 Å². The summed E-state index contributed by atoms with van der Waals surface area (Å²) < 4.78 is 1.84. The molecular weight excluding hydrogens is 440 g/mol. The molecule has 0 bridgehead atoms. The molecule has 0 aliphatic carbocycles. The van der Waals surface area contributed by atoms with Gasteiger partial charge in [0, 0.05) is 81.8 Å². The van der Waals surface area contributed by atoms with Crippen LogP contribution in [0.2, 0.25) is 0 Å². The van der Waals surface area contributed by atoms with E-state index in [0.29, 0.717) is 12.2 Å². The number of aryl methyl sites for hydroxylation is 1. The Morgan fingerprint density at radius 1 is 0.914 bits per heavy atom. The van der Waals surface area contributed by atoms with Gasteiger partial charge in [-0.3, -0.25) is 19.2 Å². The molecule has 0 radical (unpaired) electrons. The van der Waals surface area contributed by atoms with Crippen molar-refractivity contribution in [2.24, 2.45) is 7.05 Å². The number of carbonyl (C=O) groups is 2. The van der Waals surface area contributed by atoms with Crippen LogP contribution in [0.25, 0.3) is 0 Å². The number of rotatable bonds is 5. The Bertz CT molecular complexity index is 1200. The standard InChI is InChI=1S/C27H32N6O2/c1-30-14-16-33(17-15-30)27(35)21-10-8-20(9-11-21)18-32-13-12-24-23(19-32)25(29-31(24)2)26(34)28-22-6-4-3-5-7-22/h3-11H,12-19H2,1-2H3,(H,28,34). The van der Waals surface area contributed by atoms with Crippen LogP contribution in [0.15, 0.2) is 54.6 Å². The summed E-state index contributed by atoms with van der Waals surface area (Å²) in [5.74, 6) is -0.0710. The van der Waals surface area contributed by atoms with E-state index in [2.05, 4.69) is 27.3 Å². The molecule has 2 aliphatic heterocycles. The molecule has 0 atom stereocenters. The minimum Gasteiger partial charge on any atom is -0.336 e. The van der Waals surface area contributed by atoms with Crippen molar-refractivity contribution in [3.63, 3.8) is 0 Å². The van der Waals surface area contributed by atoms with E-state index in [1.165, 1.54) is 0 Å². The number of fused-ring (bicyclic) bond motifs is 1. The lowest BCUT2D eigenvalue weighted by Crippen LogP contribution is -2.47. The number of benzene rings is 2. The van der Waals surface area contributed by atoms with Gasteiger partial charge in [-0.1, -0.05) is 30.3 Å². The molecule has 2 aliphatic rings. The molecule has 3 aromatic rings. The fourth-order valence-electron chi connectivity index (χ4n) is 4.88. The SMILES string of the molecule is CN1CCN(C(=O)c2ccc(CN3CCc4c(c(C(=O)Nc5ccccc5)nn4C)C3)cc2)CC1. The average Bonchev–Trinajstić information content (AvgIpc) is 3.21. The highest BCUT2D eigenvalue weighted by molar-refractivity contribution is 6.04. The summed E-state index contributed by atoms with van der Waals surface area (Å²) in [5.41, 5.74) is 5.26. The van der Waals surface area contributed by atoms with E-state index in [4.69, 9.17) is 0 Å². The molecule has 2 amide bonds. The number of carbonyl (C=O) groups excluding carboxylic acids is 2. The highest BCUT2D eigenvalue weighted by Crippen LogP contribution is 2.24. The largest absolute Gasteiger partial charge is 0.336 e. The van der Waals surface area contributed by atoms with Gasteiger partial charge in [-0.15, -0.1) is 0 Å². The van der Waals surface area contributed by atoms with Crippen LogP contribution in [0.1, 0.15) is 37.7 Å². The first-order valence-corrected chi connectivity index (χ1v) is 12.2. The fraction of sp³-hybridized carbons (Fsp3) is 0.370. The lowest BCUT2D eigenvalue weighted by Gasteiger charge is -2.32. The minimum absolute atomic E-state index is 0.108. The zero-order valence-electron chi connectivity index (χ0n) is 20.4. The minimum atomic E-state index is -0.179. The Morgan fingerprint density at radius 2 is 1.63 bits per heavy atom. The van der Waals surface area contributed by atoms with E-state index in [9.17, 15) is 9.59 Å². The summed E-state index contributed by atoms with van der Waals surface area (Å²) in [4.78, 5) is 32.3. The van der Waals surface area contributed by atoms with Gasteiger partial charge >= 0.3 is 0 Å². The van der Waals surface area contributed by atoms with Gasteiger partial charge in [-0.05, 0) is 36.9 Å². The van der Waals surface area contributed by atoms with E-state index < -0.39 is 0 Å². The van der Waals surface area contributed by atoms with E-state index >= 15 is 0 Å². The molecule has 0 unspecified atom stereocenters. The molecule has 8 heteroatoms. The summed E-state index contributed by atoms with van der Waals surface area (Å²) in [6.45, 7) is 5.71. The van der Waals surface area contributed by atoms with E-state index in [0.717, 1.165) is 73.8 Å². The summed E-state index contributed by atoms with van der Waals surface area (Å²) in [6, 6.07) is 17.4. The predicted octanol–water partition coefficient (Wildman–Crippen LogP) is 2.62. The number of likely N-dealkylation sites (N-methyl/N-ethyl adjacent to an activating group) is 1. The number of para-hydroxylation sites is 1. The van der Waals surface area contributed by atoms with Crippen molar-refractivity contribution in [3.8, 4) is 0 Å². The molecule has 1 N–H and O–H groups in total. The summed E-state index contributed by atoms with van der Waals surface area (Å²) in [5, 5.41) is 7.50. The van der Waals surface area contributed by atoms with Gasteiger partial charge in [0.2, 0.25) is 0 Å². The molecule has 0 spiro atoms. The van der Waals surface area contributed by atoms with Crippen LogP contribution < -0.4 is 5.32 Å². The molecule has 5 rings (SSSR count). The Balaban J connectivity index is 1.24. The number of hydrogen-bond acceptors (Lipinski definition) is 5. The maximum absolute atomic E-state index is 13.0. The van der Waals surface area contributed by atoms with Crippen molar-refractivity contribution in [3.05, 3.63) is 82.7 Å². The van der Waals surface area contributed by atoms with Crippen LogP contribution in [0, 0.1) is 0 Å². The van der Waals surface area contributed by atoms with Crippen LogP contribution in [0.5, 0.6) is 0 Å². The van der Waals surface area contributed by atoms with Crippen molar-refractivity contribution < 1.29 is 9.59 Å². The van der Waals surface area contributed by atoms with Crippen molar-refractivity contribution in [2.75, 3.05) is 45.1 Å². The second kappa shape index (κ2) is 10.0. The first-order valence-electron chi connectivity index (χ1n) is 12.2. The van der Waals surface area contributed by atoms with Crippen molar-refractivity contribution in [2.45, 2.75) is 19.5 Å². The third kappa shape index (κ3) is 5.13. The van der Waals surface area contributed by atoms with E-state index in [-0.39, 0.29) is 11.8 Å². The smallest absolute Gasteiger partial charge is 0.276 e. The molecule has 1 aromatic heterocycles. The number of nitrogens with one attached hydrogen (secondary N) is 1. The van der Waals surface area contributed by atoms with E-state index in [1.54, 1.807) is 0 Å². The highest BCUT2D eigenvalue weighted by atomic mass is 16.2. The van der Waals surface area contributed by atoms with E-state index in [1.807, 2.05) is 71.2 Å². The number of hydrogen-bond donors (Lipinski definition) is 1. The van der Waals surface area contributed by atoms with Crippen LogP contribution in [-0.4, -0.2) is 76.1 Å². The lowest BCUT2D eigenvalue weighted by atomic mass is 10.0. The molecule has 1 saturated heterocycles. The van der Waals surface area contributed by atoms with Crippen LogP contribution in [0.3, 0.4) is 0 Å². The molecule has 182 valence electrons. The summed E-state index contributed by atoms with van der Waals surface area (Å²) in [6.07, 6.45) is 0.845. The normalized spacial score (nSPS) is 16.7. The Morgan fingerprint density at radius 3 is 2.34 bits per heavy atom. The lowest BCUT2D eigenvalue weighted by molar-refractivity contribution is 0.0664. The topological polar surface area (TPSA) is 73.7 Å². The average molecular weight is 473 g/mol. The van der Waals surface area contributed by atoms with Crippen LogP contribution >= 0.6 is 0 Å². The summed E-state index contributed by atoms with van der Waals surface area (Å²) >= 11 is 0. The fourth-order valence-corrected chi connectivity index (χ4v) is 4.88. The van der Waals surface area contributed by atoms with Crippen molar-refractivity contribution in [1.82, 2.24) is 24.5 Å². The Hall–Kier alpha value is -3.49. The number of aromatic nitrogens is 2. The van der Waals surface area contributed by atoms with Gasteiger partial charge < -0.3 is 15.1 Å². The zero-order chi connectivity index (χ0) is 24.4. The maximum atomic E-state index is 13.0. The predicted molar refractivity (Wildman–Crippen MR) is 135 cm³/mol. The molecule has 2 aromatic carbocycles. The molecule has 0 saturated carbocycles. The molecule has 8 nitrogen and oxygen atoms in total. The van der Waals surface area contributed by atoms with Gasteiger partial charge in [-0.25, -0.2) is 0 Å². The second-order valence-corrected chi connectivity index (χ2v) is 9.47. The monoisotopic (exact) mass is 472 g/mol. The van der Waals surface area contributed by atoms with Gasteiger partial charge in [0.15, 0.2) is 5.69 Å². The quantitative estimate of drug-likeness (QED) is 0.618. The Labute approximate surface area is 206 Å². The van der Waals surface area contributed by atoms with Crippen LogP contribution in [-0.2, 0) is 26.6 Å². The van der Waals surface area contributed by atoms with Crippen LogP contribution in [0.4, 0.5) is 5.69 Å². The van der Waals surface area contributed by atoms with Gasteiger partial charge in [-0.2, -0.15) is 5.10 Å². The van der Waals surface area contributed by atoms with Gasteiger partial charge in [0.1, 0.15) is 0 Å². The first-order chi connectivity index (χ1) is 17.0. The molecule has 35 heavy (non-hydrogen) atoms. The maximum Gasteiger partial charge on any atom is 0.276 e. The number of piperazine rings is 1.